The van der Waals surface area contributed by atoms with Gasteiger partial charge in [-0.05, 0) is 19.9 Å². The highest BCUT2D eigenvalue weighted by Gasteiger charge is 2.16. The lowest BCUT2D eigenvalue weighted by Crippen LogP contribution is -2.01. The van der Waals surface area contributed by atoms with Gasteiger partial charge >= 0.3 is 0 Å². The van der Waals surface area contributed by atoms with Crippen molar-refractivity contribution in [3.63, 3.8) is 0 Å². The van der Waals surface area contributed by atoms with Crippen LogP contribution in [0.1, 0.15) is 11.4 Å². The zero-order valence-electron chi connectivity index (χ0n) is 12.8. The first-order valence-electron chi connectivity index (χ1n) is 7.30. The van der Waals surface area contributed by atoms with Crippen LogP contribution in [0.25, 0.3) is 27.8 Å². The molecule has 3 heterocycles. The third kappa shape index (κ3) is 2.37. The van der Waals surface area contributed by atoms with E-state index in [2.05, 4.69) is 57.2 Å². The normalized spacial score (nSPS) is 11.0. The summed E-state index contributed by atoms with van der Waals surface area (Å²) in [7, 11) is 0. The summed E-state index contributed by atoms with van der Waals surface area (Å²) in [6.45, 7) is 4.13. The molecule has 0 unspecified atom stereocenters. The molecule has 0 fully saturated rings. The lowest BCUT2D eigenvalue weighted by Gasteiger charge is -2.04. The van der Waals surface area contributed by atoms with Gasteiger partial charge in [-0.25, -0.2) is 10.1 Å². The fourth-order valence-electron chi connectivity index (χ4n) is 2.77. The molecule has 0 atom stereocenters. The zero-order valence-corrected chi connectivity index (χ0v) is 13.6. The Morgan fingerprint density at radius 1 is 1.13 bits per heavy atom. The van der Waals surface area contributed by atoms with Crippen LogP contribution in [0, 0.1) is 13.8 Å². The van der Waals surface area contributed by atoms with E-state index in [1.807, 2.05) is 18.2 Å². The summed E-state index contributed by atoms with van der Waals surface area (Å²) in [6.07, 6.45) is 1.52. The number of aromatic amines is 1. The molecular weight excluding hydrogens is 306 g/mol. The molecule has 0 aliphatic carbocycles. The molecule has 4 rings (SSSR count). The van der Waals surface area contributed by atoms with Crippen LogP contribution in [0.4, 0.5) is 0 Å². The molecule has 0 saturated heterocycles. The smallest absolute Gasteiger partial charge is 0.229 e. The maximum absolute atomic E-state index is 4.81. The average Bonchev–Trinajstić information content (AvgIpc) is 3.29. The van der Waals surface area contributed by atoms with Crippen LogP contribution in [-0.2, 0) is 0 Å². The highest BCUT2D eigenvalue weighted by Crippen LogP contribution is 2.32. The molecule has 0 amide bonds. The van der Waals surface area contributed by atoms with Crippen LogP contribution >= 0.6 is 11.3 Å². The third-order valence-corrected chi connectivity index (χ3v) is 4.74. The number of H-pyrrole nitrogens is 1. The van der Waals surface area contributed by atoms with Gasteiger partial charge in [0, 0.05) is 27.9 Å². The lowest BCUT2D eigenvalue weighted by atomic mass is 10.2. The van der Waals surface area contributed by atoms with E-state index in [1.54, 1.807) is 11.3 Å². The molecule has 1 aromatic carbocycles. The summed E-state index contributed by atoms with van der Waals surface area (Å²) in [5, 5.41) is 9.99. The van der Waals surface area contributed by atoms with E-state index in [4.69, 9.17) is 4.98 Å². The molecule has 0 radical (unpaired) electrons. The van der Waals surface area contributed by atoms with Crippen molar-refractivity contribution in [2.24, 2.45) is 0 Å². The molecule has 6 heteroatoms. The summed E-state index contributed by atoms with van der Waals surface area (Å²) < 4.78 is 2.06. The minimum atomic E-state index is 0.727. The molecule has 0 saturated carbocycles. The average molecular weight is 321 g/mol. The van der Waals surface area contributed by atoms with Crippen LogP contribution in [0.5, 0.6) is 0 Å². The van der Waals surface area contributed by atoms with Gasteiger partial charge < -0.3 is 0 Å². The number of hydrogen-bond donors (Lipinski definition) is 1. The molecule has 5 nitrogen and oxygen atoms in total. The van der Waals surface area contributed by atoms with Crippen molar-refractivity contribution in [3.8, 4) is 27.8 Å². The Kier molecular flexibility index (Phi) is 3.31. The van der Waals surface area contributed by atoms with E-state index in [0.29, 0.717) is 0 Å². The van der Waals surface area contributed by atoms with Gasteiger partial charge in [-0.2, -0.15) is 10.1 Å². The first-order chi connectivity index (χ1) is 11.2. The maximum atomic E-state index is 4.81. The Hall–Kier alpha value is -2.73. The molecule has 0 spiro atoms. The molecule has 0 bridgehead atoms. The first kappa shape index (κ1) is 13.9. The van der Waals surface area contributed by atoms with E-state index >= 15 is 0 Å². The zero-order chi connectivity index (χ0) is 15.8. The maximum Gasteiger partial charge on any atom is 0.229 e. The van der Waals surface area contributed by atoms with Gasteiger partial charge in [0.15, 0.2) is 0 Å². The van der Waals surface area contributed by atoms with E-state index in [0.717, 1.165) is 39.2 Å². The van der Waals surface area contributed by atoms with Crippen molar-refractivity contribution in [1.29, 1.82) is 0 Å². The second kappa shape index (κ2) is 5.48. The summed E-state index contributed by atoms with van der Waals surface area (Å²) >= 11 is 1.66. The highest BCUT2D eigenvalue weighted by atomic mass is 32.1. The second-order valence-corrected chi connectivity index (χ2v) is 6.19. The van der Waals surface area contributed by atoms with Crippen molar-refractivity contribution in [3.05, 3.63) is 59.5 Å². The monoisotopic (exact) mass is 321 g/mol. The third-order valence-electron chi connectivity index (χ3n) is 3.85. The summed E-state index contributed by atoms with van der Waals surface area (Å²) in [5.41, 5.74) is 5.46. The summed E-state index contributed by atoms with van der Waals surface area (Å²) in [5.74, 6) is 0.727. The van der Waals surface area contributed by atoms with Gasteiger partial charge in [-0.15, -0.1) is 11.3 Å². The molecule has 0 aliphatic heterocycles. The number of nitrogens with one attached hydrogen (secondary N) is 1. The Labute approximate surface area is 137 Å². The predicted octanol–water partition coefficient (Wildman–Crippen LogP) is 4.00. The van der Waals surface area contributed by atoms with Gasteiger partial charge in [0.05, 0.1) is 5.69 Å². The van der Waals surface area contributed by atoms with E-state index < -0.39 is 0 Å². The number of hydrogen-bond acceptors (Lipinski definition) is 4. The molecule has 0 aliphatic rings. The predicted molar refractivity (Wildman–Crippen MR) is 91.7 cm³/mol. The molecule has 1 N–H and O–H groups in total. The fourth-order valence-corrected chi connectivity index (χ4v) is 3.59. The Morgan fingerprint density at radius 3 is 2.70 bits per heavy atom. The largest absolute Gasteiger partial charge is 0.287 e. The summed E-state index contributed by atoms with van der Waals surface area (Å²) in [4.78, 5) is 9.05. The van der Waals surface area contributed by atoms with Crippen molar-refractivity contribution in [2.75, 3.05) is 0 Å². The van der Waals surface area contributed by atoms with Crippen molar-refractivity contribution in [1.82, 2.24) is 24.7 Å². The van der Waals surface area contributed by atoms with Crippen LogP contribution < -0.4 is 0 Å². The van der Waals surface area contributed by atoms with Gasteiger partial charge in [-0.1, -0.05) is 30.3 Å². The SMILES string of the molecule is Cc1cc(-c2csc(-c3ccccc3)n2)c(C)n1-c1ncn[nH]1. The van der Waals surface area contributed by atoms with Gasteiger partial charge in [0.1, 0.15) is 11.3 Å². The molecule has 4 aromatic rings. The van der Waals surface area contributed by atoms with E-state index in [9.17, 15) is 0 Å². The Bertz CT molecular complexity index is 935. The van der Waals surface area contributed by atoms with Crippen LogP contribution in [0.2, 0.25) is 0 Å². The number of rotatable bonds is 3. The van der Waals surface area contributed by atoms with Gasteiger partial charge in [0.25, 0.3) is 0 Å². The summed E-state index contributed by atoms with van der Waals surface area (Å²) in [6, 6.07) is 12.4. The van der Waals surface area contributed by atoms with Crippen molar-refractivity contribution >= 4 is 11.3 Å². The minimum Gasteiger partial charge on any atom is -0.287 e. The number of thiazole rings is 1. The molecule has 3 aromatic heterocycles. The Balaban J connectivity index is 1.78. The van der Waals surface area contributed by atoms with E-state index in [1.165, 1.54) is 6.33 Å². The van der Waals surface area contributed by atoms with Gasteiger partial charge in [0.2, 0.25) is 5.95 Å². The number of aryl methyl sites for hydroxylation is 1. The number of nitrogens with zero attached hydrogens (tertiary/aromatic N) is 4. The van der Waals surface area contributed by atoms with Crippen molar-refractivity contribution in [2.45, 2.75) is 13.8 Å². The topological polar surface area (TPSA) is 59.4 Å². The molecule has 114 valence electrons. The van der Waals surface area contributed by atoms with Crippen LogP contribution in [0.3, 0.4) is 0 Å². The van der Waals surface area contributed by atoms with Crippen LogP contribution in [-0.4, -0.2) is 24.7 Å². The molecule has 23 heavy (non-hydrogen) atoms. The van der Waals surface area contributed by atoms with Gasteiger partial charge in [-0.3, -0.25) is 4.57 Å². The van der Waals surface area contributed by atoms with Crippen molar-refractivity contribution < 1.29 is 0 Å². The second-order valence-electron chi connectivity index (χ2n) is 5.33. The lowest BCUT2D eigenvalue weighted by molar-refractivity contribution is 0.879. The van der Waals surface area contributed by atoms with E-state index in [-0.39, 0.29) is 0 Å². The minimum absolute atomic E-state index is 0.727. The first-order valence-corrected chi connectivity index (χ1v) is 8.18. The fraction of sp³-hybridized carbons (Fsp3) is 0.118. The van der Waals surface area contributed by atoms with Crippen LogP contribution in [0.15, 0.2) is 48.1 Å². The number of benzene rings is 1. The number of aromatic nitrogens is 5. The molecular formula is C17H15N5S. The standard InChI is InChI=1S/C17H15N5S/c1-11-8-14(12(2)22(11)17-18-10-19-21-17)15-9-23-16(20-15)13-6-4-3-5-7-13/h3-10H,1-2H3,(H,18,19,21). The highest BCUT2D eigenvalue weighted by molar-refractivity contribution is 7.13. The Morgan fingerprint density at radius 2 is 1.96 bits per heavy atom. The quantitative estimate of drug-likeness (QED) is 0.620.